The van der Waals surface area contributed by atoms with Gasteiger partial charge in [0.05, 0.1) is 18.1 Å². The molecular weight excluding hydrogens is 221 g/mol. The minimum absolute atomic E-state index is 0.0985. The van der Waals surface area contributed by atoms with Crippen molar-refractivity contribution in [2.45, 2.75) is 25.8 Å². The average molecular weight is 235 g/mol. The molecule has 0 aliphatic rings. The van der Waals surface area contributed by atoms with Crippen molar-refractivity contribution < 1.29 is 9.18 Å². The van der Waals surface area contributed by atoms with Gasteiger partial charge in [0.25, 0.3) is 5.91 Å². The zero-order chi connectivity index (χ0) is 12.8. The van der Waals surface area contributed by atoms with E-state index in [1.807, 2.05) is 13.0 Å². The number of nitrogens with zero attached hydrogens (tertiary/aromatic N) is 1. The van der Waals surface area contributed by atoms with Crippen LogP contribution in [-0.4, -0.2) is 11.9 Å². The molecule has 1 rings (SSSR count). The molecule has 1 aromatic carbocycles. The number of nitriles is 1. The van der Waals surface area contributed by atoms with Gasteiger partial charge in [0.1, 0.15) is 5.82 Å². The first-order valence-corrected chi connectivity index (χ1v) is 5.31. The second-order valence-electron chi connectivity index (χ2n) is 3.67. The summed E-state index contributed by atoms with van der Waals surface area (Å²) in [5.41, 5.74) is 5.91. The van der Waals surface area contributed by atoms with Crippen LogP contribution in [0, 0.1) is 17.1 Å². The molecule has 0 saturated heterocycles. The number of halogens is 1. The van der Waals surface area contributed by atoms with Gasteiger partial charge in [-0.05, 0) is 24.6 Å². The molecule has 0 heterocycles. The van der Waals surface area contributed by atoms with Crippen LogP contribution in [0.2, 0.25) is 0 Å². The SMILES string of the molecule is CCC(CC#N)NC(=O)c1cc(F)ccc1N. The van der Waals surface area contributed by atoms with Gasteiger partial charge in [-0.3, -0.25) is 4.79 Å². The Bertz CT molecular complexity index is 454. The lowest BCUT2D eigenvalue weighted by molar-refractivity contribution is 0.0937. The molecule has 0 aliphatic heterocycles. The third kappa shape index (κ3) is 3.45. The quantitative estimate of drug-likeness (QED) is 0.781. The van der Waals surface area contributed by atoms with Gasteiger partial charge in [-0.15, -0.1) is 0 Å². The van der Waals surface area contributed by atoms with E-state index in [9.17, 15) is 9.18 Å². The molecule has 1 amide bonds. The Hall–Kier alpha value is -2.09. The summed E-state index contributed by atoms with van der Waals surface area (Å²) < 4.78 is 13.0. The van der Waals surface area contributed by atoms with E-state index in [2.05, 4.69) is 5.32 Å². The number of rotatable bonds is 4. The average Bonchev–Trinajstić information content (AvgIpc) is 2.31. The van der Waals surface area contributed by atoms with Gasteiger partial charge in [0.15, 0.2) is 0 Å². The smallest absolute Gasteiger partial charge is 0.253 e. The summed E-state index contributed by atoms with van der Waals surface area (Å²) in [6.45, 7) is 1.86. The Morgan fingerprint density at radius 2 is 2.35 bits per heavy atom. The molecule has 0 saturated carbocycles. The number of hydrogen-bond donors (Lipinski definition) is 2. The Balaban J connectivity index is 2.82. The van der Waals surface area contributed by atoms with Crippen LogP contribution >= 0.6 is 0 Å². The van der Waals surface area contributed by atoms with Gasteiger partial charge in [-0.1, -0.05) is 6.92 Å². The Labute approximate surface area is 99.2 Å². The van der Waals surface area contributed by atoms with Crippen molar-refractivity contribution in [3.8, 4) is 6.07 Å². The van der Waals surface area contributed by atoms with Gasteiger partial charge < -0.3 is 11.1 Å². The second-order valence-corrected chi connectivity index (χ2v) is 3.67. The van der Waals surface area contributed by atoms with Crippen LogP contribution in [0.25, 0.3) is 0 Å². The Kier molecular flexibility index (Phi) is 4.46. The lowest BCUT2D eigenvalue weighted by atomic mass is 10.1. The van der Waals surface area contributed by atoms with Crippen LogP contribution in [0.1, 0.15) is 30.1 Å². The first-order chi connectivity index (χ1) is 8.08. The molecule has 1 unspecified atom stereocenters. The van der Waals surface area contributed by atoms with Crippen molar-refractivity contribution in [1.29, 1.82) is 5.26 Å². The molecule has 1 aromatic rings. The lowest BCUT2D eigenvalue weighted by Crippen LogP contribution is -2.34. The maximum Gasteiger partial charge on any atom is 0.253 e. The Morgan fingerprint density at radius 1 is 1.65 bits per heavy atom. The largest absolute Gasteiger partial charge is 0.398 e. The summed E-state index contributed by atoms with van der Waals surface area (Å²) in [7, 11) is 0. The summed E-state index contributed by atoms with van der Waals surface area (Å²) in [5, 5.41) is 11.2. The van der Waals surface area contributed by atoms with E-state index >= 15 is 0 Å². The maximum absolute atomic E-state index is 13.0. The Morgan fingerprint density at radius 3 is 2.94 bits per heavy atom. The highest BCUT2D eigenvalue weighted by atomic mass is 19.1. The van der Waals surface area contributed by atoms with Crippen molar-refractivity contribution in [2.24, 2.45) is 0 Å². The summed E-state index contributed by atoms with van der Waals surface area (Å²) >= 11 is 0. The standard InChI is InChI=1S/C12H14FN3O/c1-2-9(5-6-14)16-12(17)10-7-8(13)3-4-11(10)15/h3-4,7,9H,2,5,15H2,1H3,(H,16,17). The van der Waals surface area contributed by atoms with E-state index in [-0.39, 0.29) is 23.7 Å². The molecule has 4 nitrogen and oxygen atoms in total. The molecule has 0 bridgehead atoms. The predicted octanol–water partition coefficient (Wildman–Crippen LogP) is 1.83. The molecule has 0 aromatic heterocycles. The fourth-order valence-electron chi connectivity index (χ4n) is 1.40. The van der Waals surface area contributed by atoms with Crippen LogP contribution in [0.5, 0.6) is 0 Å². The van der Waals surface area contributed by atoms with E-state index < -0.39 is 11.7 Å². The number of carbonyl (C=O) groups is 1. The van der Waals surface area contributed by atoms with Gasteiger partial charge in [0, 0.05) is 11.7 Å². The first kappa shape index (κ1) is 13.0. The van der Waals surface area contributed by atoms with E-state index in [0.717, 1.165) is 6.07 Å². The molecule has 17 heavy (non-hydrogen) atoms. The molecule has 1 atom stereocenters. The maximum atomic E-state index is 13.0. The zero-order valence-electron chi connectivity index (χ0n) is 9.53. The number of amides is 1. The molecule has 0 spiro atoms. The van der Waals surface area contributed by atoms with Crippen LogP contribution in [0.4, 0.5) is 10.1 Å². The molecule has 0 fully saturated rings. The number of nitrogens with two attached hydrogens (primary N) is 1. The minimum atomic E-state index is -0.516. The van der Waals surface area contributed by atoms with Gasteiger partial charge in [-0.2, -0.15) is 5.26 Å². The highest BCUT2D eigenvalue weighted by Crippen LogP contribution is 2.13. The van der Waals surface area contributed by atoms with Crippen molar-refractivity contribution in [3.63, 3.8) is 0 Å². The van der Waals surface area contributed by atoms with E-state index in [4.69, 9.17) is 11.0 Å². The fraction of sp³-hybridized carbons (Fsp3) is 0.333. The monoisotopic (exact) mass is 235 g/mol. The number of benzene rings is 1. The van der Waals surface area contributed by atoms with Crippen molar-refractivity contribution >= 4 is 11.6 Å². The zero-order valence-corrected chi connectivity index (χ0v) is 9.53. The van der Waals surface area contributed by atoms with E-state index in [1.54, 1.807) is 0 Å². The molecular formula is C12H14FN3O. The minimum Gasteiger partial charge on any atom is -0.398 e. The highest BCUT2D eigenvalue weighted by molar-refractivity contribution is 5.99. The highest BCUT2D eigenvalue weighted by Gasteiger charge is 2.14. The number of carbonyl (C=O) groups excluding carboxylic acids is 1. The second kappa shape index (κ2) is 5.85. The molecule has 90 valence electrons. The van der Waals surface area contributed by atoms with Gasteiger partial charge in [0.2, 0.25) is 0 Å². The van der Waals surface area contributed by atoms with Crippen LogP contribution in [-0.2, 0) is 0 Å². The number of anilines is 1. The first-order valence-electron chi connectivity index (χ1n) is 5.31. The summed E-state index contributed by atoms with van der Waals surface area (Å²) in [4.78, 5) is 11.8. The van der Waals surface area contributed by atoms with Crippen LogP contribution in [0.15, 0.2) is 18.2 Å². The number of nitrogen functional groups attached to an aromatic ring is 1. The van der Waals surface area contributed by atoms with Crippen molar-refractivity contribution in [1.82, 2.24) is 5.32 Å². The third-order valence-corrected chi connectivity index (χ3v) is 2.43. The normalized spacial score (nSPS) is 11.6. The summed E-state index contributed by atoms with van der Waals surface area (Å²) in [6.07, 6.45) is 0.853. The summed E-state index contributed by atoms with van der Waals surface area (Å²) in [5.74, 6) is -0.971. The van der Waals surface area contributed by atoms with E-state index in [1.165, 1.54) is 12.1 Å². The van der Waals surface area contributed by atoms with Crippen molar-refractivity contribution in [2.75, 3.05) is 5.73 Å². The lowest BCUT2D eigenvalue weighted by Gasteiger charge is -2.14. The molecule has 0 aliphatic carbocycles. The fourth-order valence-corrected chi connectivity index (χ4v) is 1.40. The third-order valence-electron chi connectivity index (χ3n) is 2.43. The number of hydrogen-bond acceptors (Lipinski definition) is 3. The van der Waals surface area contributed by atoms with Gasteiger partial charge in [-0.25, -0.2) is 4.39 Å². The predicted molar refractivity (Wildman–Crippen MR) is 62.6 cm³/mol. The molecule has 5 heteroatoms. The van der Waals surface area contributed by atoms with Gasteiger partial charge >= 0.3 is 0 Å². The van der Waals surface area contributed by atoms with E-state index in [0.29, 0.717) is 6.42 Å². The van der Waals surface area contributed by atoms with Crippen molar-refractivity contribution in [3.05, 3.63) is 29.6 Å². The number of nitrogens with one attached hydrogen (secondary N) is 1. The van der Waals surface area contributed by atoms with Crippen LogP contribution in [0.3, 0.4) is 0 Å². The molecule has 3 N–H and O–H groups in total. The molecule has 0 radical (unpaired) electrons. The summed E-state index contributed by atoms with van der Waals surface area (Å²) in [6, 6.07) is 5.36. The van der Waals surface area contributed by atoms with Crippen LogP contribution < -0.4 is 11.1 Å². The topological polar surface area (TPSA) is 78.9 Å².